The van der Waals surface area contributed by atoms with Gasteiger partial charge in [-0.2, -0.15) is 0 Å². The van der Waals surface area contributed by atoms with Crippen LogP contribution < -0.4 is 5.73 Å². The molecule has 20 heavy (non-hydrogen) atoms. The molecule has 3 rings (SSSR count). The average molecular weight is 268 g/mol. The maximum atomic E-state index is 5.79. The Morgan fingerprint density at radius 2 is 2.10 bits per heavy atom. The molecule has 0 aliphatic carbocycles. The minimum absolute atomic E-state index is 0.0471. The van der Waals surface area contributed by atoms with Crippen molar-refractivity contribution < 1.29 is 4.42 Å². The van der Waals surface area contributed by atoms with E-state index in [1.165, 1.54) is 0 Å². The molecule has 1 atom stereocenters. The predicted molar refractivity (Wildman–Crippen MR) is 77.1 cm³/mol. The quantitative estimate of drug-likeness (QED) is 0.789. The van der Waals surface area contributed by atoms with E-state index in [0.29, 0.717) is 12.3 Å². The molecule has 2 aromatic heterocycles. The molecule has 0 aliphatic heterocycles. The molecule has 0 fully saturated rings. The van der Waals surface area contributed by atoms with Gasteiger partial charge in [-0.3, -0.25) is 0 Å². The van der Waals surface area contributed by atoms with Crippen LogP contribution in [0.15, 0.2) is 34.9 Å². The van der Waals surface area contributed by atoms with Gasteiger partial charge in [-0.1, -0.05) is 0 Å². The monoisotopic (exact) mass is 268 g/mol. The number of nitrogens with two attached hydrogens (primary N) is 1. The highest BCUT2D eigenvalue weighted by Gasteiger charge is 2.07. The first-order valence-electron chi connectivity index (χ1n) is 6.57. The fourth-order valence-corrected chi connectivity index (χ4v) is 2.15. The smallest absolute Gasteiger partial charge is 0.192 e. The minimum Gasteiger partial charge on any atom is -0.441 e. The molecule has 1 unspecified atom stereocenters. The Morgan fingerprint density at radius 3 is 2.90 bits per heavy atom. The topological polar surface area (TPSA) is 77.8 Å². The van der Waals surface area contributed by atoms with Gasteiger partial charge >= 0.3 is 0 Å². The highest BCUT2D eigenvalue weighted by molar-refractivity contribution is 5.79. The van der Waals surface area contributed by atoms with E-state index in [1.807, 2.05) is 38.1 Å². The van der Waals surface area contributed by atoms with Gasteiger partial charge in [-0.25, -0.2) is 15.0 Å². The molecule has 1 aromatic carbocycles. The van der Waals surface area contributed by atoms with Gasteiger partial charge in [0.15, 0.2) is 11.5 Å². The third-order valence-electron chi connectivity index (χ3n) is 3.00. The van der Waals surface area contributed by atoms with Crippen LogP contribution in [0.4, 0.5) is 0 Å². The number of aryl methyl sites for hydroxylation is 1. The van der Waals surface area contributed by atoms with E-state index in [9.17, 15) is 0 Å². The Hall–Kier alpha value is -2.27. The van der Waals surface area contributed by atoms with Crippen molar-refractivity contribution in [2.45, 2.75) is 26.3 Å². The summed E-state index contributed by atoms with van der Waals surface area (Å²) in [5.41, 5.74) is 9.29. The number of aromatic nitrogens is 3. The predicted octanol–water partition coefficient (Wildman–Crippen LogP) is 2.48. The van der Waals surface area contributed by atoms with Crippen molar-refractivity contribution in [3.8, 4) is 11.3 Å². The molecule has 0 radical (unpaired) electrons. The molecule has 3 aromatic rings. The Morgan fingerprint density at radius 1 is 1.25 bits per heavy atom. The molecule has 2 heterocycles. The largest absolute Gasteiger partial charge is 0.441 e. The van der Waals surface area contributed by atoms with Crippen LogP contribution in [0, 0.1) is 6.92 Å². The van der Waals surface area contributed by atoms with E-state index in [0.717, 1.165) is 28.2 Å². The molecule has 2 N–H and O–H groups in total. The second-order valence-electron chi connectivity index (χ2n) is 4.95. The first-order chi connectivity index (χ1) is 9.61. The first kappa shape index (κ1) is 12.7. The summed E-state index contributed by atoms with van der Waals surface area (Å²) in [6, 6.07) is 7.80. The summed E-state index contributed by atoms with van der Waals surface area (Å²) >= 11 is 0. The molecule has 0 bridgehead atoms. The normalized spacial score (nSPS) is 12.8. The van der Waals surface area contributed by atoms with Crippen LogP contribution in [-0.4, -0.2) is 21.0 Å². The Kier molecular flexibility index (Phi) is 3.20. The lowest BCUT2D eigenvalue weighted by atomic mass is 10.1. The van der Waals surface area contributed by atoms with E-state index in [2.05, 4.69) is 15.0 Å². The maximum absolute atomic E-state index is 5.79. The summed E-state index contributed by atoms with van der Waals surface area (Å²) < 4.78 is 5.47. The molecule has 5 heteroatoms. The number of hydrogen-bond donors (Lipinski definition) is 1. The van der Waals surface area contributed by atoms with Crippen molar-refractivity contribution in [1.82, 2.24) is 15.0 Å². The van der Waals surface area contributed by atoms with Gasteiger partial charge in [0.1, 0.15) is 11.3 Å². The van der Waals surface area contributed by atoms with Crippen molar-refractivity contribution in [3.05, 3.63) is 42.2 Å². The van der Waals surface area contributed by atoms with Crippen LogP contribution >= 0.6 is 0 Å². The number of rotatable bonds is 3. The molecule has 0 saturated carbocycles. The zero-order chi connectivity index (χ0) is 14.1. The van der Waals surface area contributed by atoms with Gasteiger partial charge in [0.05, 0.1) is 5.69 Å². The lowest BCUT2D eigenvalue weighted by Crippen LogP contribution is -2.19. The lowest BCUT2D eigenvalue weighted by Gasteiger charge is -2.06. The summed E-state index contributed by atoms with van der Waals surface area (Å²) in [4.78, 5) is 13.1. The highest BCUT2D eigenvalue weighted by Crippen LogP contribution is 2.23. The summed E-state index contributed by atoms with van der Waals surface area (Å²) in [6.07, 6.45) is 2.43. The van der Waals surface area contributed by atoms with Crippen LogP contribution in [0.5, 0.6) is 0 Å². The number of hydrogen-bond acceptors (Lipinski definition) is 5. The van der Waals surface area contributed by atoms with Gasteiger partial charge < -0.3 is 10.2 Å². The fourth-order valence-electron chi connectivity index (χ4n) is 2.15. The Labute approximate surface area is 116 Å². The molecule has 5 nitrogen and oxygen atoms in total. The van der Waals surface area contributed by atoms with Crippen molar-refractivity contribution >= 4 is 11.1 Å². The molecule has 0 aliphatic rings. The zero-order valence-electron chi connectivity index (χ0n) is 11.5. The summed E-state index contributed by atoms with van der Waals surface area (Å²) in [5, 5.41) is 0. The standard InChI is InChI=1S/C15H16N4O/c1-9(16)7-15-17-6-5-12(19-15)11-3-4-14-13(8-11)18-10(2)20-14/h3-6,8-9H,7,16H2,1-2H3. The summed E-state index contributed by atoms with van der Waals surface area (Å²) in [5.74, 6) is 1.42. The second kappa shape index (κ2) is 5.02. The number of nitrogens with zero attached hydrogens (tertiary/aromatic N) is 3. The van der Waals surface area contributed by atoms with E-state index in [1.54, 1.807) is 6.20 Å². The molecular formula is C15H16N4O. The Balaban J connectivity index is 2.01. The third-order valence-corrected chi connectivity index (χ3v) is 3.00. The van der Waals surface area contributed by atoms with E-state index < -0.39 is 0 Å². The van der Waals surface area contributed by atoms with Crippen LogP contribution in [0.3, 0.4) is 0 Å². The number of oxazole rings is 1. The van der Waals surface area contributed by atoms with Crippen LogP contribution in [0.1, 0.15) is 18.6 Å². The molecule has 0 spiro atoms. The third kappa shape index (κ3) is 2.53. The van der Waals surface area contributed by atoms with E-state index in [-0.39, 0.29) is 6.04 Å². The Bertz CT molecular complexity index is 748. The van der Waals surface area contributed by atoms with Crippen LogP contribution in [-0.2, 0) is 6.42 Å². The van der Waals surface area contributed by atoms with E-state index >= 15 is 0 Å². The highest BCUT2D eigenvalue weighted by atomic mass is 16.3. The van der Waals surface area contributed by atoms with E-state index in [4.69, 9.17) is 10.2 Å². The first-order valence-corrected chi connectivity index (χ1v) is 6.57. The zero-order valence-corrected chi connectivity index (χ0v) is 11.5. The van der Waals surface area contributed by atoms with Gasteiger partial charge in [0.25, 0.3) is 0 Å². The SMILES string of the molecule is Cc1nc2cc(-c3ccnc(CC(C)N)n3)ccc2o1. The van der Waals surface area contributed by atoms with Crippen LogP contribution in [0.25, 0.3) is 22.4 Å². The van der Waals surface area contributed by atoms with Crippen molar-refractivity contribution in [2.24, 2.45) is 5.73 Å². The fraction of sp³-hybridized carbons (Fsp3) is 0.267. The van der Waals surface area contributed by atoms with Crippen molar-refractivity contribution in [3.63, 3.8) is 0 Å². The van der Waals surface area contributed by atoms with Crippen molar-refractivity contribution in [1.29, 1.82) is 0 Å². The molecule has 102 valence electrons. The average Bonchev–Trinajstić information content (AvgIpc) is 2.77. The lowest BCUT2D eigenvalue weighted by molar-refractivity contribution is 0.561. The van der Waals surface area contributed by atoms with Crippen molar-refractivity contribution in [2.75, 3.05) is 0 Å². The maximum Gasteiger partial charge on any atom is 0.192 e. The van der Waals surface area contributed by atoms with Crippen LogP contribution in [0.2, 0.25) is 0 Å². The summed E-state index contributed by atoms with van der Waals surface area (Å²) in [7, 11) is 0. The summed E-state index contributed by atoms with van der Waals surface area (Å²) in [6.45, 7) is 3.78. The second-order valence-corrected chi connectivity index (χ2v) is 4.95. The number of benzene rings is 1. The van der Waals surface area contributed by atoms with Gasteiger partial charge in [0.2, 0.25) is 0 Å². The molecular weight excluding hydrogens is 252 g/mol. The van der Waals surface area contributed by atoms with Gasteiger partial charge in [0, 0.05) is 31.1 Å². The van der Waals surface area contributed by atoms with Gasteiger partial charge in [-0.05, 0) is 31.2 Å². The molecule has 0 amide bonds. The molecule has 0 saturated heterocycles. The van der Waals surface area contributed by atoms with Gasteiger partial charge in [-0.15, -0.1) is 0 Å². The minimum atomic E-state index is 0.0471. The number of fused-ring (bicyclic) bond motifs is 1.